The Morgan fingerprint density at radius 3 is 2.05 bits per heavy atom. The Hall–Kier alpha value is -0.0400. The van der Waals surface area contributed by atoms with E-state index in [1.807, 2.05) is 0 Å². The standard InChI is InChI=1S/C19H36O/c1-3-5-17-11-13-19(14-12-17)20-15-4-6-18-9-7-16(2)8-10-18/h16-19H,3-15H2,1-2H3/t16-,17-,18-,19-. The molecule has 0 aliphatic heterocycles. The molecular formula is C19H36O. The Morgan fingerprint density at radius 1 is 0.800 bits per heavy atom. The van der Waals surface area contributed by atoms with Gasteiger partial charge in [0.25, 0.3) is 0 Å². The molecule has 0 N–H and O–H groups in total. The summed E-state index contributed by atoms with van der Waals surface area (Å²) in [4.78, 5) is 0. The normalized spacial score (nSPS) is 35.1. The zero-order chi connectivity index (χ0) is 14.2. The molecule has 118 valence electrons. The third-order valence-corrected chi connectivity index (χ3v) is 5.74. The molecule has 2 saturated carbocycles. The summed E-state index contributed by atoms with van der Waals surface area (Å²) in [6.07, 6.45) is 17.5. The van der Waals surface area contributed by atoms with E-state index in [1.165, 1.54) is 77.0 Å². The summed E-state index contributed by atoms with van der Waals surface area (Å²) in [7, 11) is 0. The van der Waals surface area contributed by atoms with E-state index < -0.39 is 0 Å². The van der Waals surface area contributed by atoms with Crippen molar-refractivity contribution in [1.82, 2.24) is 0 Å². The van der Waals surface area contributed by atoms with Gasteiger partial charge in [-0.15, -0.1) is 0 Å². The lowest BCUT2D eigenvalue weighted by atomic mass is 9.81. The van der Waals surface area contributed by atoms with Crippen LogP contribution < -0.4 is 0 Å². The predicted molar refractivity (Wildman–Crippen MR) is 87.0 cm³/mol. The lowest BCUT2D eigenvalue weighted by molar-refractivity contribution is 0.0134. The van der Waals surface area contributed by atoms with Crippen LogP contribution in [0.4, 0.5) is 0 Å². The maximum Gasteiger partial charge on any atom is 0.0575 e. The zero-order valence-electron chi connectivity index (χ0n) is 13.9. The molecule has 0 spiro atoms. The highest BCUT2D eigenvalue weighted by Gasteiger charge is 2.21. The summed E-state index contributed by atoms with van der Waals surface area (Å²) in [5.41, 5.74) is 0. The minimum atomic E-state index is 0.592. The van der Waals surface area contributed by atoms with Gasteiger partial charge in [-0.25, -0.2) is 0 Å². The van der Waals surface area contributed by atoms with Crippen molar-refractivity contribution in [2.45, 2.75) is 97.0 Å². The minimum Gasteiger partial charge on any atom is -0.378 e. The van der Waals surface area contributed by atoms with E-state index in [2.05, 4.69) is 13.8 Å². The Balaban J connectivity index is 1.47. The molecule has 0 amide bonds. The van der Waals surface area contributed by atoms with Crippen LogP contribution in [0.1, 0.15) is 90.9 Å². The lowest BCUT2D eigenvalue weighted by Gasteiger charge is -2.29. The van der Waals surface area contributed by atoms with Crippen LogP contribution in [0.5, 0.6) is 0 Å². The average molecular weight is 280 g/mol. The van der Waals surface area contributed by atoms with E-state index >= 15 is 0 Å². The van der Waals surface area contributed by atoms with E-state index in [0.717, 1.165) is 24.4 Å². The summed E-state index contributed by atoms with van der Waals surface area (Å²) in [5, 5.41) is 0. The van der Waals surface area contributed by atoms with Crippen LogP contribution in [0.3, 0.4) is 0 Å². The van der Waals surface area contributed by atoms with Gasteiger partial charge in [-0.3, -0.25) is 0 Å². The maximum atomic E-state index is 6.12. The maximum absolute atomic E-state index is 6.12. The molecule has 0 bridgehead atoms. The SMILES string of the molecule is CCC[C@H]1CC[C@H](OCCC[C@H]2CC[C@H](C)CC2)CC1. The molecule has 1 heteroatoms. The predicted octanol–water partition coefficient (Wildman–Crippen LogP) is 5.97. The van der Waals surface area contributed by atoms with Gasteiger partial charge in [0, 0.05) is 6.61 Å². The largest absolute Gasteiger partial charge is 0.378 e. The van der Waals surface area contributed by atoms with E-state index in [-0.39, 0.29) is 0 Å². The first-order valence-electron chi connectivity index (χ1n) is 9.39. The first-order valence-corrected chi connectivity index (χ1v) is 9.39. The van der Waals surface area contributed by atoms with Crippen molar-refractivity contribution in [1.29, 1.82) is 0 Å². The van der Waals surface area contributed by atoms with Gasteiger partial charge in [0.15, 0.2) is 0 Å². The van der Waals surface area contributed by atoms with Crippen LogP contribution in [-0.4, -0.2) is 12.7 Å². The van der Waals surface area contributed by atoms with Gasteiger partial charge < -0.3 is 4.74 Å². The zero-order valence-corrected chi connectivity index (χ0v) is 13.9. The number of hydrogen-bond acceptors (Lipinski definition) is 1. The second-order valence-electron chi connectivity index (χ2n) is 7.57. The molecule has 0 unspecified atom stereocenters. The fourth-order valence-corrected chi connectivity index (χ4v) is 4.24. The van der Waals surface area contributed by atoms with Crippen molar-refractivity contribution < 1.29 is 4.74 Å². The third-order valence-electron chi connectivity index (χ3n) is 5.74. The van der Waals surface area contributed by atoms with Gasteiger partial charge in [0.2, 0.25) is 0 Å². The van der Waals surface area contributed by atoms with Gasteiger partial charge in [0.05, 0.1) is 6.10 Å². The van der Waals surface area contributed by atoms with Gasteiger partial charge >= 0.3 is 0 Å². The Kier molecular flexibility index (Phi) is 7.41. The van der Waals surface area contributed by atoms with E-state index in [0.29, 0.717) is 6.10 Å². The van der Waals surface area contributed by atoms with Crippen LogP contribution in [0.2, 0.25) is 0 Å². The quantitative estimate of drug-likeness (QED) is 0.522. The molecule has 0 radical (unpaired) electrons. The van der Waals surface area contributed by atoms with Crippen LogP contribution in [0.15, 0.2) is 0 Å². The molecule has 20 heavy (non-hydrogen) atoms. The second kappa shape index (κ2) is 9.07. The Morgan fingerprint density at radius 2 is 1.40 bits per heavy atom. The average Bonchev–Trinajstić information content (AvgIpc) is 2.47. The molecule has 0 atom stereocenters. The highest BCUT2D eigenvalue weighted by Crippen LogP contribution is 2.32. The summed E-state index contributed by atoms with van der Waals surface area (Å²) in [5.74, 6) is 3.00. The number of hydrogen-bond donors (Lipinski definition) is 0. The summed E-state index contributed by atoms with van der Waals surface area (Å²) in [6.45, 7) is 5.75. The minimum absolute atomic E-state index is 0.592. The van der Waals surface area contributed by atoms with Crippen molar-refractivity contribution in [2.75, 3.05) is 6.61 Å². The Labute approximate surface area is 126 Å². The summed E-state index contributed by atoms with van der Waals surface area (Å²) >= 11 is 0. The van der Waals surface area contributed by atoms with Crippen molar-refractivity contribution >= 4 is 0 Å². The van der Waals surface area contributed by atoms with Gasteiger partial charge in [-0.2, -0.15) is 0 Å². The number of rotatable bonds is 7. The fourth-order valence-electron chi connectivity index (χ4n) is 4.24. The van der Waals surface area contributed by atoms with Crippen LogP contribution >= 0.6 is 0 Å². The van der Waals surface area contributed by atoms with Crippen molar-refractivity contribution in [2.24, 2.45) is 17.8 Å². The lowest BCUT2D eigenvalue weighted by Crippen LogP contribution is -2.22. The summed E-state index contributed by atoms with van der Waals surface area (Å²) < 4.78 is 6.12. The second-order valence-corrected chi connectivity index (χ2v) is 7.57. The van der Waals surface area contributed by atoms with Crippen LogP contribution in [0.25, 0.3) is 0 Å². The van der Waals surface area contributed by atoms with Gasteiger partial charge in [-0.05, 0) is 56.3 Å². The number of ether oxygens (including phenoxy) is 1. The highest BCUT2D eigenvalue weighted by molar-refractivity contribution is 4.73. The first-order chi connectivity index (χ1) is 9.78. The molecule has 0 heterocycles. The molecule has 0 aromatic heterocycles. The molecular weight excluding hydrogens is 244 g/mol. The smallest absolute Gasteiger partial charge is 0.0575 e. The molecule has 2 aliphatic carbocycles. The fraction of sp³-hybridized carbons (Fsp3) is 1.00. The van der Waals surface area contributed by atoms with E-state index in [9.17, 15) is 0 Å². The first kappa shape index (κ1) is 16.3. The molecule has 1 nitrogen and oxygen atoms in total. The molecule has 2 rings (SSSR count). The highest BCUT2D eigenvalue weighted by atomic mass is 16.5. The topological polar surface area (TPSA) is 9.23 Å². The van der Waals surface area contributed by atoms with E-state index in [1.54, 1.807) is 0 Å². The Bertz CT molecular complexity index is 234. The van der Waals surface area contributed by atoms with Crippen molar-refractivity contribution in [3.8, 4) is 0 Å². The third kappa shape index (κ3) is 5.76. The molecule has 0 saturated heterocycles. The van der Waals surface area contributed by atoms with E-state index in [4.69, 9.17) is 4.74 Å². The van der Waals surface area contributed by atoms with Crippen molar-refractivity contribution in [3.63, 3.8) is 0 Å². The molecule has 0 aromatic carbocycles. The van der Waals surface area contributed by atoms with Crippen LogP contribution in [0, 0.1) is 17.8 Å². The van der Waals surface area contributed by atoms with Gasteiger partial charge in [0.1, 0.15) is 0 Å². The molecule has 2 fully saturated rings. The van der Waals surface area contributed by atoms with Crippen molar-refractivity contribution in [3.05, 3.63) is 0 Å². The monoisotopic (exact) mass is 280 g/mol. The van der Waals surface area contributed by atoms with Crippen LogP contribution in [-0.2, 0) is 4.74 Å². The van der Waals surface area contributed by atoms with Gasteiger partial charge in [-0.1, -0.05) is 52.4 Å². The summed E-state index contributed by atoms with van der Waals surface area (Å²) in [6, 6.07) is 0. The molecule has 0 aromatic rings. The molecule has 2 aliphatic rings.